The number of hydrogen-bond donors (Lipinski definition) is 3. The quantitative estimate of drug-likeness (QED) is 0.420. The summed E-state index contributed by atoms with van der Waals surface area (Å²) >= 11 is 0. The number of ether oxygens (including phenoxy) is 1. The Kier molecular flexibility index (Phi) is 7.83. The molecule has 1 amide bonds. The number of aromatic nitrogens is 3. The van der Waals surface area contributed by atoms with Crippen molar-refractivity contribution in [3.63, 3.8) is 0 Å². The maximum Gasteiger partial charge on any atom is 0.490 e. The van der Waals surface area contributed by atoms with Gasteiger partial charge in [0.1, 0.15) is 11.6 Å². The molecule has 3 N–H and O–H groups in total. The largest absolute Gasteiger partial charge is 0.490 e. The molecule has 0 spiro atoms. The standard InChI is InChI=1S/C25H30N6O2.C2HF3O2/c1-16(18-12-23(32)27-14-18)33-25-24-22(28-15-31(24)20-6-7-20)13-21(29-25)17-2-4-19(5-3-17)30-10-8-26-9-11-30;3-2(4,5)1(6)7/h2-5,13,15-16,18,20,26H,6-12,14H2,1H3,(H,27,32);(H,6,7)/t16-,18-;/m1./s1. The van der Waals surface area contributed by atoms with Crippen LogP contribution in [0.25, 0.3) is 22.3 Å². The first-order valence-corrected chi connectivity index (χ1v) is 13.3. The zero-order valence-corrected chi connectivity index (χ0v) is 21.9. The maximum atomic E-state index is 11.7. The van der Waals surface area contributed by atoms with Gasteiger partial charge in [-0.15, -0.1) is 0 Å². The van der Waals surface area contributed by atoms with E-state index in [0.717, 1.165) is 61.3 Å². The number of carbonyl (C=O) groups is 2. The van der Waals surface area contributed by atoms with Gasteiger partial charge < -0.3 is 29.9 Å². The van der Waals surface area contributed by atoms with Crippen LogP contribution in [0, 0.1) is 5.92 Å². The number of hydrogen-bond acceptors (Lipinski definition) is 7. The van der Waals surface area contributed by atoms with E-state index in [1.807, 2.05) is 13.3 Å². The fourth-order valence-electron chi connectivity index (χ4n) is 4.88. The highest BCUT2D eigenvalue weighted by Crippen LogP contribution is 2.40. The number of rotatable bonds is 6. The van der Waals surface area contributed by atoms with Gasteiger partial charge >= 0.3 is 12.1 Å². The summed E-state index contributed by atoms with van der Waals surface area (Å²) in [7, 11) is 0. The summed E-state index contributed by atoms with van der Waals surface area (Å²) < 4.78 is 40.4. The van der Waals surface area contributed by atoms with Crippen LogP contribution >= 0.6 is 0 Å². The number of aliphatic carboxylic acids is 1. The molecule has 0 unspecified atom stereocenters. The third-order valence-electron chi connectivity index (χ3n) is 7.32. The average molecular weight is 561 g/mol. The first kappa shape index (κ1) is 27.7. The number of halogens is 3. The molecule has 214 valence electrons. The maximum absolute atomic E-state index is 11.7. The average Bonchev–Trinajstić information content (AvgIpc) is 3.54. The first-order chi connectivity index (χ1) is 19.1. The lowest BCUT2D eigenvalue weighted by molar-refractivity contribution is -0.192. The van der Waals surface area contributed by atoms with Gasteiger partial charge in [0, 0.05) is 62.4 Å². The van der Waals surface area contributed by atoms with E-state index in [4.69, 9.17) is 24.6 Å². The van der Waals surface area contributed by atoms with E-state index in [1.165, 1.54) is 5.69 Å². The Morgan fingerprint density at radius 1 is 1.18 bits per heavy atom. The predicted molar refractivity (Wildman–Crippen MR) is 141 cm³/mol. The minimum atomic E-state index is -5.08. The monoisotopic (exact) mass is 560 g/mol. The molecular weight excluding hydrogens is 529 g/mol. The lowest BCUT2D eigenvalue weighted by Crippen LogP contribution is -2.43. The summed E-state index contributed by atoms with van der Waals surface area (Å²) in [6.07, 6.45) is -0.459. The van der Waals surface area contributed by atoms with Gasteiger partial charge in [-0.3, -0.25) is 4.79 Å². The molecule has 2 saturated heterocycles. The van der Waals surface area contributed by atoms with Crippen molar-refractivity contribution in [3.05, 3.63) is 36.7 Å². The number of anilines is 1. The molecular formula is C27H31F3N6O4. The Morgan fingerprint density at radius 2 is 1.85 bits per heavy atom. The van der Waals surface area contributed by atoms with Crippen molar-refractivity contribution in [2.24, 2.45) is 5.92 Å². The van der Waals surface area contributed by atoms with Crippen LogP contribution in [0.4, 0.5) is 18.9 Å². The number of nitrogens with zero attached hydrogens (tertiary/aromatic N) is 4. The van der Waals surface area contributed by atoms with Gasteiger partial charge in [0.25, 0.3) is 0 Å². The SMILES string of the molecule is C[C@@H](Oc1nc(-c2ccc(N3CCNCC3)cc2)cc2ncn(C3CC3)c12)[C@H]1CNC(=O)C1.O=C(O)C(F)(F)F. The van der Waals surface area contributed by atoms with Crippen LogP contribution in [0.5, 0.6) is 5.88 Å². The van der Waals surface area contributed by atoms with Crippen molar-refractivity contribution in [2.45, 2.75) is 44.5 Å². The van der Waals surface area contributed by atoms with Crippen molar-refractivity contribution < 1.29 is 32.6 Å². The van der Waals surface area contributed by atoms with Crippen molar-refractivity contribution in [1.29, 1.82) is 0 Å². The van der Waals surface area contributed by atoms with E-state index in [1.54, 1.807) is 0 Å². The van der Waals surface area contributed by atoms with Gasteiger partial charge in [-0.1, -0.05) is 12.1 Å². The molecule has 1 aromatic carbocycles. The number of benzene rings is 1. The van der Waals surface area contributed by atoms with E-state index < -0.39 is 12.1 Å². The van der Waals surface area contributed by atoms with Crippen molar-refractivity contribution in [3.8, 4) is 17.1 Å². The van der Waals surface area contributed by atoms with Crippen LogP contribution in [-0.4, -0.2) is 76.5 Å². The number of carboxylic acids is 1. The summed E-state index contributed by atoms with van der Waals surface area (Å²) in [5.74, 6) is -1.90. The number of imidazole rings is 1. The highest BCUT2D eigenvalue weighted by Gasteiger charge is 2.38. The molecule has 13 heteroatoms. The Morgan fingerprint density at radius 3 is 2.42 bits per heavy atom. The van der Waals surface area contributed by atoms with Crippen LogP contribution in [0.3, 0.4) is 0 Å². The topological polar surface area (TPSA) is 122 Å². The smallest absolute Gasteiger partial charge is 0.475 e. The number of piperazine rings is 1. The fraction of sp³-hybridized carbons (Fsp3) is 0.481. The first-order valence-electron chi connectivity index (χ1n) is 13.3. The lowest BCUT2D eigenvalue weighted by Gasteiger charge is -2.29. The van der Waals surface area contributed by atoms with E-state index in [-0.39, 0.29) is 17.9 Å². The number of pyridine rings is 1. The molecule has 0 bridgehead atoms. The summed E-state index contributed by atoms with van der Waals surface area (Å²) in [6, 6.07) is 11.2. The number of nitrogens with one attached hydrogen (secondary N) is 2. The molecule has 4 heterocycles. The normalized spacial score (nSPS) is 20.1. The molecule has 3 aromatic rings. The Balaban J connectivity index is 0.000000411. The number of alkyl halides is 3. The summed E-state index contributed by atoms with van der Waals surface area (Å²) in [5, 5.41) is 13.4. The van der Waals surface area contributed by atoms with Gasteiger partial charge in [0.2, 0.25) is 11.8 Å². The van der Waals surface area contributed by atoms with Crippen LogP contribution in [-0.2, 0) is 9.59 Å². The Hall–Kier alpha value is -3.87. The van der Waals surface area contributed by atoms with Gasteiger partial charge in [-0.2, -0.15) is 13.2 Å². The van der Waals surface area contributed by atoms with E-state index in [9.17, 15) is 18.0 Å². The highest BCUT2D eigenvalue weighted by atomic mass is 19.4. The second kappa shape index (κ2) is 11.3. The molecule has 40 heavy (non-hydrogen) atoms. The van der Waals surface area contributed by atoms with Crippen LogP contribution in [0.15, 0.2) is 36.7 Å². The molecule has 1 aliphatic carbocycles. The molecule has 1 saturated carbocycles. The molecule has 0 radical (unpaired) electrons. The molecule has 6 rings (SSSR count). The van der Waals surface area contributed by atoms with Gasteiger partial charge in [0.05, 0.1) is 17.5 Å². The van der Waals surface area contributed by atoms with Crippen LogP contribution < -0.4 is 20.3 Å². The summed E-state index contributed by atoms with van der Waals surface area (Å²) in [6.45, 7) is 6.77. The number of carboxylic acid groups (broad SMARTS) is 1. The predicted octanol–water partition coefficient (Wildman–Crippen LogP) is 3.38. The van der Waals surface area contributed by atoms with Gasteiger partial charge in [-0.25, -0.2) is 14.8 Å². The lowest BCUT2D eigenvalue weighted by atomic mass is 10.0. The second-order valence-corrected chi connectivity index (χ2v) is 10.2. The molecule has 3 fully saturated rings. The summed E-state index contributed by atoms with van der Waals surface area (Å²) in [5.41, 5.74) is 5.01. The van der Waals surface area contributed by atoms with E-state index in [0.29, 0.717) is 24.9 Å². The molecule has 10 nitrogen and oxygen atoms in total. The van der Waals surface area contributed by atoms with E-state index in [2.05, 4.69) is 50.4 Å². The van der Waals surface area contributed by atoms with Gasteiger partial charge in [0.15, 0.2) is 0 Å². The zero-order valence-electron chi connectivity index (χ0n) is 21.9. The Bertz CT molecular complexity index is 1370. The highest BCUT2D eigenvalue weighted by molar-refractivity contribution is 5.85. The van der Waals surface area contributed by atoms with Gasteiger partial charge in [-0.05, 0) is 38.0 Å². The fourth-order valence-corrected chi connectivity index (χ4v) is 4.88. The third kappa shape index (κ3) is 6.30. The number of carbonyl (C=O) groups excluding carboxylic acids is 1. The molecule has 2 aliphatic heterocycles. The van der Waals surface area contributed by atoms with Crippen molar-refractivity contribution >= 4 is 28.6 Å². The van der Waals surface area contributed by atoms with Crippen LogP contribution in [0.1, 0.15) is 32.2 Å². The minimum Gasteiger partial charge on any atom is -0.475 e. The molecule has 2 aromatic heterocycles. The zero-order chi connectivity index (χ0) is 28.4. The van der Waals surface area contributed by atoms with Crippen LogP contribution in [0.2, 0.25) is 0 Å². The molecule has 2 atom stereocenters. The number of fused-ring (bicyclic) bond motifs is 1. The third-order valence-corrected chi connectivity index (χ3v) is 7.32. The number of amides is 1. The van der Waals surface area contributed by atoms with E-state index >= 15 is 0 Å². The van der Waals surface area contributed by atoms with Crippen molar-refractivity contribution in [2.75, 3.05) is 37.6 Å². The Labute approximate surface area is 228 Å². The summed E-state index contributed by atoms with van der Waals surface area (Å²) in [4.78, 5) is 32.7. The molecule has 3 aliphatic rings. The second-order valence-electron chi connectivity index (χ2n) is 10.2. The van der Waals surface area contributed by atoms with Crippen molar-refractivity contribution in [1.82, 2.24) is 25.2 Å². The minimum absolute atomic E-state index is 0.0925.